The summed E-state index contributed by atoms with van der Waals surface area (Å²) in [5.41, 5.74) is 5.37. The van der Waals surface area contributed by atoms with E-state index in [9.17, 15) is 8.78 Å². The van der Waals surface area contributed by atoms with Gasteiger partial charge in [0.2, 0.25) is 0 Å². The smallest absolute Gasteiger partial charge is 0.268 e. The van der Waals surface area contributed by atoms with E-state index < -0.39 is 6.05 Å². The zero-order valence-corrected chi connectivity index (χ0v) is 6.14. The Morgan fingerprint density at radius 2 is 1.64 bits per heavy atom. The molecule has 0 unspecified atom stereocenters. The van der Waals surface area contributed by atoms with Gasteiger partial charge in [-0.25, -0.2) is 0 Å². The van der Waals surface area contributed by atoms with Crippen LogP contribution in [0.15, 0.2) is 24.3 Å². The zero-order valence-electron chi connectivity index (χ0n) is 6.14. The van der Waals surface area contributed by atoms with Gasteiger partial charge in [0.1, 0.15) is 0 Å². The summed E-state index contributed by atoms with van der Waals surface area (Å²) in [5, 5.41) is 0. The lowest BCUT2D eigenvalue weighted by atomic mass is 10.1. The molecule has 0 aliphatic rings. The molecular formula is C8H9F2N. The van der Waals surface area contributed by atoms with Gasteiger partial charge in [-0.1, -0.05) is 29.8 Å². The summed E-state index contributed by atoms with van der Waals surface area (Å²) in [6, 6.07) is 2.66. The molecule has 60 valence electrons. The lowest BCUT2D eigenvalue weighted by Gasteiger charge is -2.09. The van der Waals surface area contributed by atoms with Crippen molar-refractivity contribution in [1.82, 2.24) is 0 Å². The number of nitrogens with two attached hydrogens (primary N) is 1. The van der Waals surface area contributed by atoms with Crippen LogP contribution in [-0.2, 0) is 6.05 Å². The first-order valence-corrected chi connectivity index (χ1v) is 3.24. The van der Waals surface area contributed by atoms with Gasteiger partial charge in [0.25, 0.3) is 0 Å². The van der Waals surface area contributed by atoms with E-state index in [0.717, 1.165) is 5.56 Å². The molecular weight excluding hydrogens is 148 g/mol. The molecule has 11 heavy (non-hydrogen) atoms. The van der Waals surface area contributed by atoms with E-state index in [4.69, 9.17) is 0 Å². The number of rotatable bonds is 1. The maximum absolute atomic E-state index is 12.4. The van der Waals surface area contributed by atoms with Gasteiger partial charge in [-0.2, -0.15) is 8.78 Å². The molecule has 0 aromatic heterocycles. The van der Waals surface area contributed by atoms with Crippen LogP contribution in [0.3, 0.4) is 0 Å². The van der Waals surface area contributed by atoms with Crippen molar-refractivity contribution < 1.29 is 8.78 Å². The molecule has 0 bridgehead atoms. The molecule has 0 aliphatic heterocycles. The molecule has 0 saturated carbocycles. The highest BCUT2D eigenvalue weighted by Gasteiger charge is 2.24. The Morgan fingerprint density at radius 1 is 1.18 bits per heavy atom. The highest BCUT2D eigenvalue weighted by Crippen LogP contribution is 2.20. The minimum Gasteiger partial charge on any atom is -0.268 e. The SMILES string of the molecule is Cc1ccc(C(N)(F)F)cc1. The average Bonchev–Trinajstić information content (AvgIpc) is 1.86. The Morgan fingerprint density at radius 3 is 2.00 bits per heavy atom. The van der Waals surface area contributed by atoms with Crippen LogP contribution in [0.1, 0.15) is 11.1 Å². The van der Waals surface area contributed by atoms with Gasteiger partial charge in [0, 0.05) is 5.56 Å². The first-order chi connectivity index (χ1) is 5.00. The van der Waals surface area contributed by atoms with Gasteiger partial charge in [-0.05, 0) is 6.92 Å². The first-order valence-electron chi connectivity index (χ1n) is 3.24. The van der Waals surface area contributed by atoms with Crippen molar-refractivity contribution in [1.29, 1.82) is 0 Å². The monoisotopic (exact) mass is 157 g/mol. The molecule has 0 radical (unpaired) electrons. The maximum atomic E-state index is 12.4. The number of hydrogen-bond donors (Lipinski definition) is 1. The third-order valence-corrected chi connectivity index (χ3v) is 1.44. The van der Waals surface area contributed by atoms with E-state index in [0.29, 0.717) is 0 Å². The molecule has 0 heterocycles. The minimum atomic E-state index is -3.21. The van der Waals surface area contributed by atoms with Gasteiger partial charge in [0.05, 0.1) is 0 Å². The number of halogens is 2. The van der Waals surface area contributed by atoms with Crippen molar-refractivity contribution in [3.8, 4) is 0 Å². The standard InChI is InChI=1S/C8H9F2N/c1-6-2-4-7(5-3-6)8(9,10)11/h2-5H,11H2,1H3. The fraction of sp³-hybridized carbons (Fsp3) is 0.250. The van der Waals surface area contributed by atoms with E-state index in [2.05, 4.69) is 5.73 Å². The predicted molar refractivity (Wildman–Crippen MR) is 39.3 cm³/mol. The Bertz CT molecular complexity index is 235. The second-order valence-corrected chi connectivity index (χ2v) is 2.49. The number of hydrogen-bond acceptors (Lipinski definition) is 1. The predicted octanol–water partition coefficient (Wildman–Crippen LogP) is 2.00. The van der Waals surface area contributed by atoms with Crippen LogP contribution in [0.2, 0.25) is 0 Å². The summed E-state index contributed by atoms with van der Waals surface area (Å²) in [7, 11) is 0. The zero-order chi connectivity index (χ0) is 8.48. The molecule has 3 heteroatoms. The third-order valence-electron chi connectivity index (χ3n) is 1.44. The van der Waals surface area contributed by atoms with Gasteiger partial charge in [-0.15, -0.1) is 0 Å². The van der Waals surface area contributed by atoms with Crippen LogP contribution in [-0.4, -0.2) is 0 Å². The van der Waals surface area contributed by atoms with Crippen molar-refractivity contribution in [3.05, 3.63) is 35.4 Å². The largest absolute Gasteiger partial charge is 0.326 e. The quantitative estimate of drug-likeness (QED) is 0.620. The topological polar surface area (TPSA) is 26.0 Å². The summed E-state index contributed by atoms with van der Waals surface area (Å²) >= 11 is 0. The van der Waals surface area contributed by atoms with Crippen molar-refractivity contribution in [2.24, 2.45) is 5.73 Å². The number of benzene rings is 1. The Hall–Kier alpha value is -0.960. The summed E-state index contributed by atoms with van der Waals surface area (Å²) in [6.45, 7) is 1.83. The van der Waals surface area contributed by atoms with Crippen molar-refractivity contribution >= 4 is 0 Å². The molecule has 0 saturated heterocycles. The molecule has 0 atom stereocenters. The van der Waals surface area contributed by atoms with Gasteiger partial charge < -0.3 is 0 Å². The third kappa shape index (κ3) is 1.98. The molecule has 2 N–H and O–H groups in total. The summed E-state index contributed by atoms with van der Waals surface area (Å²) in [6.07, 6.45) is 0. The van der Waals surface area contributed by atoms with Crippen LogP contribution >= 0.6 is 0 Å². The van der Waals surface area contributed by atoms with Crippen LogP contribution < -0.4 is 5.73 Å². The first kappa shape index (κ1) is 8.14. The minimum absolute atomic E-state index is 0.150. The van der Waals surface area contributed by atoms with E-state index in [1.165, 1.54) is 12.1 Å². The summed E-state index contributed by atoms with van der Waals surface area (Å²) < 4.78 is 24.7. The highest BCUT2D eigenvalue weighted by atomic mass is 19.3. The van der Waals surface area contributed by atoms with E-state index in [1.54, 1.807) is 12.1 Å². The van der Waals surface area contributed by atoms with E-state index in [1.807, 2.05) is 6.92 Å². The van der Waals surface area contributed by atoms with Crippen LogP contribution in [0.5, 0.6) is 0 Å². The number of alkyl halides is 2. The molecule has 0 aliphatic carbocycles. The lowest BCUT2D eigenvalue weighted by molar-refractivity contribution is 0.00298. The van der Waals surface area contributed by atoms with Crippen molar-refractivity contribution in [2.45, 2.75) is 13.0 Å². The normalized spacial score (nSPS) is 11.6. The summed E-state index contributed by atoms with van der Waals surface area (Å²) in [5.74, 6) is 0. The second kappa shape index (κ2) is 2.58. The molecule has 0 fully saturated rings. The second-order valence-electron chi connectivity index (χ2n) is 2.49. The molecule has 1 nitrogen and oxygen atoms in total. The highest BCUT2D eigenvalue weighted by molar-refractivity contribution is 5.23. The Kier molecular flexibility index (Phi) is 1.91. The van der Waals surface area contributed by atoms with Crippen molar-refractivity contribution in [2.75, 3.05) is 0 Å². The molecule has 1 rings (SSSR count). The fourth-order valence-corrected chi connectivity index (χ4v) is 0.776. The van der Waals surface area contributed by atoms with E-state index >= 15 is 0 Å². The van der Waals surface area contributed by atoms with Crippen LogP contribution in [0, 0.1) is 6.92 Å². The van der Waals surface area contributed by atoms with Gasteiger partial charge in [-0.3, -0.25) is 5.73 Å². The van der Waals surface area contributed by atoms with Gasteiger partial charge in [0.15, 0.2) is 0 Å². The average molecular weight is 157 g/mol. The maximum Gasteiger partial charge on any atom is 0.326 e. The van der Waals surface area contributed by atoms with E-state index in [-0.39, 0.29) is 5.56 Å². The van der Waals surface area contributed by atoms with Gasteiger partial charge >= 0.3 is 6.05 Å². The Balaban J connectivity index is 2.99. The lowest BCUT2D eigenvalue weighted by Crippen LogP contribution is -2.24. The fourth-order valence-electron chi connectivity index (χ4n) is 0.776. The summed E-state index contributed by atoms with van der Waals surface area (Å²) in [4.78, 5) is 0. The molecule has 0 spiro atoms. The number of aryl methyl sites for hydroxylation is 1. The van der Waals surface area contributed by atoms with Crippen LogP contribution in [0.25, 0.3) is 0 Å². The Labute approximate surface area is 63.8 Å². The molecule has 0 amide bonds. The molecule has 1 aromatic carbocycles. The molecule has 1 aromatic rings. The van der Waals surface area contributed by atoms with Crippen LogP contribution in [0.4, 0.5) is 8.78 Å². The van der Waals surface area contributed by atoms with Crippen molar-refractivity contribution in [3.63, 3.8) is 0 Å².